The van der Waals surface area contributed by atoms with Gasteiger partial charge in [0.15, 0.2) is 11.9 Å². The van der Waals surface area contributed by atoms with E-state index in [9.17, 15) is 0 Å². The Labute approximate surface area is 289 Å². The number of unbranched alkanes of at least 4 members (excludes halogenated alkanes) is 3. The van der Waals surface area contributed by atoms with E-state index in [-0.39, 0.29) is 6.17 Å². The zero-order valence-corrected chi connectivity index (χ0v) is 28.7. The summed E-state index contributed by atoms with van der Waals surface area (Å²) in [6.07, 6.45) is 4.55. The summed E-state index contributed by atoms with van der Waals surface area (Å²) in [4.78, 5) is 9.16. The van der Waals surface area contributed by atoms with Crippen LogP contribution in [0.15, 0.2) is 156 Å². The van der Waals surface area contributed by atoms with Gasteiger partial charge in [-0.2, -0.15) is 0 Å². The smallest absolute Gasteiger partial charge is 0.200 e. The normalized spacial score (nSPS) is 16.1. The van der Waals surface area contributed by atoms with Crippen LogP contribution in [0.25, 0.3) is 0 Å². The van der Waals surface area contributed by atoms with Gasteiger partial charge in [-0.25, -0.2) is 4.99 Å². The third-order valence-corrected chi connectivity index (χ3v) is 14.4. The minimum Gasteiger partial charge on any atom is -0.330 e. The number of ether oxygens (including phenoxy) is 1. The second-order valence-electron chi connectivity index (χ2n) is 12.4. The van der Waals surface area contributed by atoms with Crippen LogP contribution < -0.4 is 37.0 Å². The van der Waals surface area contributed by atoms with Crippen molar-refractivity contribution < 1.29 is 8.93 Å². The SMILES string of the molecule is NC1=NC(c2ccc(OCCCCCCP(F)(c3ccccc3)(c3ccccc3)c3ccccc3)cc2)NC(=NCCc2ccccc2)N1. The van der Waals surface area contributed by atoms with Crippen molar-refractivity contribution in [3.05, 3.63) is 157 Å². The van der Waals surface area contributed by atoms with Gasteiger partial charge in [-0.1, -0.05) is 30.3 Å². The number of hydrogen-bond acceptors (Lipinski definition) is 4. The summed E-state index contributed by atoms with van der Waals surface area (Å²) in [5.74, 6) is 1.75. The van der Waals surface area contributed by atoms with Crippen LogP contribution >= 0.6 is 6.91 Å². The number of aliphatic imine (C=N–C) groups is 2. The molecular formula is C41H45FN5OP. The van der Waals surface area contributed by atoms with Gasteiger partial charge < -0.3 is 11.1 Å². The largest absolute Gasteiger partial charge is 0.330 e. The van der Waals surface area contributed by atoms with Crippen molar-refractivity contribution in [2.75, 3.05) is 19.3 Å². The van der Waals surface area contributed by atoms with Gasteiger partial charge in [-0.3, -0.25) is 10.3 Å². The first kappa shape index (κ1) is 33.9. The average molecular weight is 674 g/mol. The van der Waals surface area contributed by atoms with Crippen molar-refractivity contribution in [3.8, 4) is 5.75 Å². The van der Waals surface area contributed by atoms with Gasteiger partial charge in [0, 0.05) is 6.54 Å². The molecule has 1 heterocycles. The van der Waals surface area contributed by atoms with Gasteiger partial charge in [0.1, 0.15) is 0 Å². The summed E-state index contributed by atoms with van der Waals surface area (Å²) < 4.78 is 24.7. The summed E-state index contributed by atoms with van der Waals surface area (Å²) in [6.45, 7) is -2.94. The molecule has 0 fully saturated rings. The van der Waals surface area contributed by atoms with Crippen LogP contribution in [0.4, 0.5) is 4.20 Å². The molecule has 8 heteroatoms. The van der Waals surface area contributed by atoms with Crippen LogP contribution in [-0.4, -0.2) is 31.2 Å². The zero-order chi connectivity index (χ0) is 33.8. The fourth-order valence-electron chi connectivity index (χ4n) is 6.53. The Morgan fingerprint density at radius 3 is 1.78 bits per heavy atom. The molecule has 0 spiro atoms. The maximum atomic E-state index is 18.6. The van der Waals surface area contributed by atoms with Crippen molar-refractivity contribution in [1.29, 1.82) is 0 Å². The number of rotatable bonds is 15. The molecule has 0 radical (unpaired) electrons. The summed E-state index contributed by atoms with van der Waals surface area (Å²) in [5.41, 5.74) is 8.28. The predicted molar refractivity (Wildman–Crippen MR) is 205 cm³/mol. The molecule has 1 aliphatic rings. The molecule has 5 aromatic carbocycles. The molecule has 4 N–H and O–H groups in total. The Morgan fingerprint density at radius 1 is 0.673 bits per heavy atom. The molecule has 1 atom stereocenters. The van der Waals surface area contributed by atoms with E-state index in [0.717, 1.165) is 59.3 Å². The minimum atomic E-state index is -4.18. The van der Waals surface area contributed by atoms with E-state index >= 15 is 4.20 Å². The summed E-state index contributed by atoms with van der Waals surface area (Å²) in [7, 11) is 0. The Morgan fingerprint density at radius 2 is 1.20 bits per heavy atom. The first-order valence-electron chi connectivity index (χ1n) is 17.1. The Bertz CT molecular complexity index is 1720. The average Bonchev–Trinajstić information content (AvgIpc) is 3.16. The van der Waals surface area contributed by atoms with Crippen LogP contribution in [0.2, 0.25) is 0 Å². The summed E-state index contributed by atoms with van der Waals surface area (Å²) in [6, 6.07) is 47.6. The second kappa shape index (κ2) is 15.9. The molecular weight excluding hydrogens is 628 g/mol. The van der Waals surface area contributed by atoms with Crippen molar-refractivity contribution >= 4 is 34.7 Å². The summed E-state index contributed by atoms with van der Waals surface area (Å²) >= 11 is 0. The molecule has 49 heavy (non-hydrogen) atoms. The van der Waals surface area contributed by atoms with Gasteiger partial charge in [0.2, 0.25) is 0 Å². The van der Waals surface area contributed by atoms with E-state index in [4.69, 9.17) is 10.5 Å². The fourth-order valence-corrected chi connectivity index (χ4v) is 11.4. The zero-order valence-electron chi connectivity index (χ0n) is 27.8. The Kier molecular flexibility index (Phi) is 11.0. The first-order valence-corrected chi connectivity index (χ1v) is 19.4. The fraction of sp³-hybridized carbons (Fsp3) is 0.220. The monoisotopic (exact) mass is 673 g/mol. The van der Waals surface area contributed by atoms with Crippen LogP contribution in [0, 0.1) is 0 Å². The quantitative estimate of drug-likeness (QED) is 0.0815. The number of halogens is 1. The number of nitrogens with zero attached hydrogens (tertiary/aromatic N) is 2. The Hall–Kier alpha value is -5.00. The van der Waals surface area contributed by atoms with E-state index < -0.39 is 6.91 Å². The molecule has 252 valence electrons. The molecule has 6 rings (SSSR count). The van der Waals surface area contributed by atoms with Gasteiger partial charge in [-0.15, -0.1) is 0 Å². The molecule has 0 amide bonds. The topological polar surface area (TPSA) is 84.0 Å². The van der Waals surface area contributed by atoms with Crippen LogP contribution in [0.5, 0.6) is 5.75 Å². The second-order valence-corrected chi connectivity index (χ2v) is 16.8. The number of nitrogens with two attached hydrogens (primary N) is 1. The van der Waals surface area contributed by atoms with Gasteiger partial charge in [0.05, 0.1) is 0 Å². The van der Waals surface area contributed by atoms with Crippen LogP contribution in [0.1, 0.15) is 43.0 Å². The van der Waals surface area contributed by atoms with Gasteiger partial charge in [-0.05, 0) is 12.0 Å². The standard InChI is InChI=1S/C41H45FN5OP/c42-49(36-19-9-4-10-20-36,37-21-11-5-12-22-37,38-23-13-6-14-24-38)32-16-2-1-15-31-48-35-27-25-34(26-28-35)39-45-40(43)47-41(46-39)44-30-29-33-17-7-3-8-18-33/h3-14,17-28,39H,1-2,15-16,29-32H2,(H4,43,44,45,46,47). The maximum absolute atomic E-state index is 18.6. The minimum absolute atomic E-state index is 0.331. The number of hydrogen-bond donors (Lipinski definition) is 3. The molecule has 0 bridgehead atoms. The van der Waals surface area contributed by atoms with Crippen molar-refractivity contribution in [3.63, 3.8) is 0 Å². The third-order valence-electron chi connectivity index (χ3n) is 9.12. The molecule has 0 saturated carbocycles. The van der Waals surface area contributed by atoms with E-state index in [2.05, 4.69) is 32.8 Å². The van der Waals surface area contributed by atoms with E-state index in [1.54, 1.807) is 0 Å². The number of guanidine groups is 2. The van der Waals surface area contributed by atoms with Gasteiger partial charge >= 0.3 is 203 Å². The summed E-state index contributed by atoms with van der Waals surface area (Å²) in [5, 5.41) is 8.72. The van der Waals surface area contributed by atoms with Gasteiger partial charge in [0.25, 0.3) is 0 Å². The van der Waals surface area contributed by atoms with Crippen LogP contribution in [-0.2, 0) is 6.42 Å². The number of benzene rings is 5. The van der Waals surface area contributed by atoms with Crippen LogP contribution in [0.3, 0.4) is 0 Å². The number of nitrogens with one attached hydrogen (secondary N) is 2. The molecule has 0 aliphatic carbocycles. The van der Waals surface area contributed by atoms with E-state index in [0.29, 0.717) is 31.2 Å². The van der Waals surface area contributed by atoms with Crippen molar-refractivity contribution in [2.24, 2.45) is 15.7 Å². The first-order chi connectivity index (χ1) is 24.0. The van der Waals surface area contributed by atoms with E-state index in [1.807, 2.05) is 133 Å². The third kappa shape index (κ3) is 8.01. The van der Waals surface area contributed by atoms with Crippen molar-refractivity contribution in [1.82, 2.24) is 10.6 Å². The molecule has 5 aromatic rings. The maximum Gasteiger partial charge on any atom is 0.200 e. The van der Waals surface area contributed by atoms with Crippen molar-refractivity contribution in [2.45, 2.75) is 38.3 Å². The molecule has 0 saturated heterocycles. The molecule has 1 unspecified atom stereocenters. The Balaban J connectivity index is 1.01. The van der Waals surface area contributed by atoms with E-state index in [1.165, 1.54) is 5.56 Å². The molecule has 0 aromatic heterocycles. The molecule has 6 nitrogen and oxygen atoms in total. The molecule has 1 aliphatic heterocycles. The predicted octanol–water partition coefficient (Wildman–Crippen LogP) is 7.14.